The number of hydrogen-bond donors (Lipinski definition) is 2. The molecule has 0 bridgehead atoms. The van der Waals surface area contributed by atoms with E-state index >= 15 is 0 Å². The zero-order chi connectivity index (χ0) is 25.8. The molecule has 2 heterocycles. The van der Waals surface area contributed by atoms with E-state index in [1.807, 2.05) is 6.92 Å². The maximum atomic E-state index is 14.3. The van der Waals surface area contributed by atoms with Crippen LogP contribution in [0.3, 0.4) is 0 Å². The number of urea groups is 1. The quantitative estimate of drug-likeness (QED) is 0.336. The summed E-state index contributed by atoms with van der Waals surface area (Å²) in [5, 5.41) is 2.72. The molecule has 0 aliphatic heterocycles. The summed E-state index contributed by atoms with van der Waals surface area (Å²) in [5.74, 6) is -3.15. The van der Waals surface area contributed by atoms with E-state index in [1.165, 1.54) is 13.3 Å². The number of aromatic nitrogens is 2. The molecule has 2 aromatic carbocycles. The van der Waals surface area contributed by atoms with Crippen LogP contribution >= 0.6 is 0 Å². The summed E-state index contributed by atoms with van der Waals surface area (Å²) in [6, 6.07) is 10.3. The van der Waals surface area contributed by atoms with Crippen LogP contribution < -0.4 is 20.5 Å². The van der Waals surface area contributed by atoms with Gasteiger partial charge in [-0.25, -0.2) is 22.9 Å². The van der Waals surface area contributed by atoms with Gasteiger partial charge >= 0.3 is 6.03 Å². The van der Waals surface area contributed by atoms with Crippen molar-refractivity contribution >= 4 is 28.4 Å². The van der Waals surface area contributed by atoms with Crippen LogP contribution in [-0.4, -0.2) is 29.7 Å². The predicted molar refractivity (Wildman–Crippen MR) is 132 cm³/mol. The number of aromatic amines is 1. The van der Waals surface area contributed by atoms with E-state index in [4.69, 9.17) is 4.74 Å². The molecule has 0 spiro atoms. The van der Waals surface area contributed by atoms with Crippen molar-refractivity contribution in [1.29, 1.82) is 0 Å². The standard InChI is InChI=1S/C26H23F3N4O3/c1-3-4-11-33(26(35)31-22-19(28)13-16(27)14-20(22)29)23-21(15-7-5-8-17(12-15)36-2)18-9-6-10-30-24(18)32-25(23)34/h5-10,12-14H,3-4,11H2,1-2H3,(H,31,35)(H,30,32,34). The van der Waals surface area contributed by atoms with Gasteiger partial charge in [-0.05, 0) is 36.2 Å². The summed E-state index contributed by atoms with van der Waals surface area (Å²) in [7, 11) is 1.50. The van der Waals surface area contributed by atoms with E-state index in [9.17, 15) is 22.8 Å². The Labute approximate surface area is 204 Å². The van der Waals surface area contributed by atoms with Crippen LogP contribution in [0.15, 0.2) is 59.5 Å². The summed E-state index contributed by atoms with van der Waals surface area (Å²) in [6.45, 7) is 1.96. The number of carbonyl (C=O) groups excluding carboxylic acids is 1. The largest absolute Gasteiger partial charge is 0.497 e. The zero-order valence-corrected chi connectivity index (χ0v) is 19.6. The number of carbonyl (C=O) groups is 1. The molecule has 10 heteroatoms. The number of methoxy groups -OCH3 is 1. The first kappa shape index (κ1) is 24.8. The fraction of sp³-hybridized carbons (Fsp3) is 0.192. The molecule has 0 atom stereocenters. The molecule has 0 unspecified atom stereocenters. The van der Waals surface area contributed by atoms with E-state index in [-0.39, 0.29) is 12.2 Å². The Balaban J connectivity index is 1.93. The molecule has 2 aromatic heterocycles. The Morgan fingerprint density at radius 3 is 2.56 bits per heavy atom. The van der Waals surface area contributed by atoms with Gasteiger partial charge in [0.1, 0.15) is 28.6 Å². The van der Waals surface area contributed by atoms with Gasteiger partial charge < -0.3 is 15.0 Å². The molecule has 4 aromatic rings. The fourth-order valence-corrected chi connectivity index (χ4v) is 3.91. The van der Waals surface area contributed by atoms with Crippen LogP contribution in [0, 0.1) is 17.5 Å². The van der Waals surface area contributed by atoms with Gasteiger partial charge in [-0.3, -0.25) is 9.69 Å². The van der Waals surface area contributed by atoms with Crippen molar-refractivity contribution in [3.8, 4) is 16.9 Å². The number of nitrogens with one attached hydrogen (secondary N) is 2. The molecule has 0 saturated heterocycles. The van der Waals surface area contributed by atoms with Crippen LogP contribution in [0.25, 0.3) is 22.2 Å². The third kappa shape index (κ3) is 4.88. The molecule has 0 saturated carbocycles. The molecule has 0 fully saturated rings. The molecular weight excluding hydrogens is 473 g/mol. The molecule has 0 aliphatic rings. The molecule has 4 rings (SSSR count). The highest BCUT2D eigenvalue weighted by atomic mass is 19.1. The number of halogens is 3. The van der Waals surface area contributed by atoms with Crippen LogP contribution in [0.2, 0.25) is 0 Å². The summed E-state index contributed by atoms with van der Waals surface area (Å²) in [4.78, 5) is 34.8. The molecule has 186 valence electrons. The summed E-state index contributed by atoms with van der Waals surface area (Å²) >= 11 is 0. The molecule has 36 heavy (non-hydrogen) atoms. The second kappa shape index (κ2) is 10.5. The first-order valence-corrected chi connectivity index (χ1v) is 11.2. The smallest absolute Gasteiger partial charge is 0.326 e. The number of nitrogens with zero attached hydrogens (tertiary/aromatic N) is 2. The Bertz CT molecular complexity index is 1470. The SMILES string of the molecule is CCCCN(C(=O)Nc1c(F)cc(F)cc1F)c1c(-c2cccc(OC)c2)c2cccnc2[nH]c1=O. The van der Waals surface area contributed by atoms with Crippen molar-refractivity contribution in [2.24, 2.45) is 0 Å². The van der Waals surface area contributed by atoms with Gasteiger partial charge in [-0.2, -0.15) is 0 Å². The lowest BCUT2D eigenvalue weighted by Gasteiger charge is -2.26. The van der Waals surface area contributed by atoms with Gasteiger partial charge in [0, 0.05) is 35.8 Å². The van der Waals surface area contributed by atoms with E-state index in [1.54, 1.807) is 36.4 Å². The number of rotatable bonds is 7. The summed E-state index contributed by atoms with van der Waals surface area (Å²) in [5.41, 5.74) is -0.197. The first-order chi connectivity index (χ1) is 17.3. The normalized spacial score (nSPS) is 10.9. The minimum Gasteiger partial charge on any atom is -0.497 e. The van der Waals surface area contributed by atoms with E-state index in [0.29, 0.717) is 52.9 Å². The van der Waals surface area contributed by atoms with Crippen molar-refractivity contribution in [3.05, 3.63) is 82.5 Å². The second-order valence-electron chi connectivity index (χ2n) is 7.99. The van der Waals surface area contributed by atoms with Crippen LogP contribution in [0.4, 0.5) is 29.3 Å². The molecule has 2 N–H and O–H groups in total. The Morgan fingerprint density at radius 1 is 1.11 bits per heavy atom. The zero-order valence-electron chi connectivity index (χ0n) is 19.6. The minimum absolute atomic E-state index is 0.0300. The van der Waals surface area contributed by atoms with E-state index in [2.05, 4.69) is 15.3 Å². The number of ether oxygens (including phenoxy) is 1. The van der Waals surface area contributed by atoms with E-state index in [0.717, 1.165) is 4.90 Å². The molecule has 0 radical (unpaired) electrons. The van der Waals surface area contributed by atoms with Crippen LogP contribution in [0.5, 0.6) is 5.75 Å². The van der Waals surface area contributed by atoms with Gasteiger partial charge in [-0.1, -0.05) is 25.5 Å². The van der Waals surface area contributed by atoms with Crippen molar-refractivity contribution < 1.29 is 22.7 Å². The Hall–Kier alpha value is -4.34. The van der Waals surface area contributed by atoms with Crippen molar-refractivity contribution in [1.82, 2.24) is 9.97 Å². The highest BCUT2D eigenvalue weighted by molar-refractivity contribution is 6.08. The van der Waals surface area contributed by atoms with Gasteiger partial charge in [-0.15, -0.1) is 0 Å². The topological polar surface area (TPSA) is 87.3 Å². The molecular formula is C26H23F3N4O3. The lowest BCUT2D eigenvalue weighted by molar-refractivity contribution is 0.256. The highest BCUT2D eigenvalue weighted by Gasteiger charge is 2.27. The third-order valence-corrected chi connectivity index (χ3v) is 5.61. The number of H-pyrrole nitrogens is 1. The number of hydrogen-bond acceptors (Lipinski definition) is 4. The van der Waals surface area contributed by atoms with Gasteiger partial charge in [0.2, 0.25) is 0 Å². The number of unbranched alkanes of at least 4 members (excludes halogenated alkanes) is 1. The first-order valence-electron chi connectivity index (χ1n) is 11.2. The average Bonchev–Trinajstić information content (AvgIpc) is 2.86. The van der Waals surface area contributed by atoms with Crippen molar-refractivity contribution in [3.63, 3.8) is 0 Å². The van der Waals surface area contributed by atoms with Gasteiger partial charge in [0.25, 0.3) is 5.56 Å². The van der Waals surface area contributed by atoms with E-state index < -0.39 is 34.7 Å². The maximum absolute atomic E-state index is 14.3. The second-order valence-corrected chi connectivity index (χ2v) is 7.99. The maximum Gasteiger partial charge on any atom is 0.326 e. The number of pyridine rings is 2. The summed E-state index contributed by atoms with van der Waals surface area (Å²) < 4.78 is 47.3. The van der Waals surface area contributed by atoms with Crippen LogP contribution in [0.1, 0.15) is 19.8 Å². The van der Waals surface area contributed by atoms with Gasteiger partial charge in [0.05, 0.1) is 7.11 Å². The predicted octanol–water partition coefficient (Wildman–Crippen LogP) is 5.85. The molecule has 0 aliphatic carbocycles. The Morgan fingerprint density at radius 2 is 1.86 bits per heavy atom. The molecule has 2 amide bonds. The lowest BCUT2D eigenvalue weighted by atomic mass is 9.99. The lowest BCUT2D eigenvalue weighted by Crippen LogP contribution is -2.40. The Kier molecular flexibility index (Phi) is 7.23. The average molecular weight is 496 g/mol. The third-order valence-electron chi connectivity index (χ3n) is 5.61. The highest BCUT2D eigenvalue weighted by Crippen LogP contribution is 2.36. The fourth-order valence-electron chi connectivity index (χ4n) is 3.91. The molecule has 7 nitrogen and oxygen atoms in total. The minimum atomic E-state index is -1.28. The van der Waals surface area contributed by atoms with Crippen molar-refractivity contribution in [2.75, 3.05) is 23.9 Å². The van der Waals surface area contributed by atoms with Crippen molar-refractivity contribution in [2.45, 2.75) is 19.8 Å². The number of amides is 2. The van der Waals surface area contributed by atoms with Crippen LogP contribution in [-0.2, 0) is 0 Å². The van der Waals surface area contributed by atoms with Gasteiger partial charge in [0.15, 0.2) is 11.6 Å². The monoisotopic (exact) mass is 496 g/mol. The number of anilines is 2. The number of benzene rings is 2. The summed E-state index contributed by atoms with van der Waals surface area (Å²) in [6.07, 6.45) is 2.68. The number of fused-ring (bicyclic) bond motifs is 1.